The molecule has 8 nitrogen and oxygen atoms in total. The van der Waals surface area contributed by atoms with Crippen LogP contribution >= 0.6 is 0 Å². The number of hydrogen-bond donors (Lipinski definition) is 3. The quantitative estimate of drug-likeness (QED) is 0.419. The zero-order valence-electron chi connectivity index (χ0n) is 19.1. The van der Waals surface area contributed by atoms with Crippen LogP contribution in [0.15, 0.2) is 12.1 Å². The van der Waals surface area contributed by atoms with Crippen molar-refractivity contribution in [3.05, 3.63) is 23.3 Å². The molecule has 1 saturated heterocycles. The Bertz CT molecular complexity index is 717. The molecule has 1 heterocycles. The predicted molar refractivity (Wildman–Crippen MR) is 115 cm³/mol. The third kappa shape index (κ3) is 6.60. The molecule has 0 aliphatic carbocycles. The first-order valence-corrected chi connectivity index (χ1v) is 10.8. The Hall–Kier alpha value is -2.32. The first-order valence-electron chi connectivity index (χ1n) is 10.8. The van der Waals surface area contributed by atoms with E-state index in [9.17, 15) is 9.59 Å². The molecule has 3 N–H and O–H groups in total. The van der Waals surface area contributed by atoms with Gasteiger partial charge >= 0.3 is 0 Å². The first-order chi connectivity index (χ1) is 14.4. The summed E-state index contributed by atoms with van der Waals surface area (Å²) in [5.41, 5.74) is 2.47. The van der Waals surface area contributed by atoms with E-state index in [1.165, 1.54) is 20.9 Å². The minimum absolute atomic E-state index is 0.0536. The fourth-order valence-electron chi connectivity index (χ4n) is 3.92. The van der Waals surface area contributed by atoms with Crippen LogP contribution in [0.5, 0.6) is 11.5 Å². The number of benzene rings is 1. The summed E-state index contributed by atoms with van der Waals surface area (Å²) in [6.07, 6.45) is 0. The minimum atomic E-state index is -0.0951. The molecule has 30 heavy (non-hydrogen) atoms. The smallest absolute Gasteiger partial charge is 0.278 e. The van der Waals surface area contributed by atoms with E-state index >= 15 is 0 Å². The van der Waals surface area contributed by atoms with Crippen molar-refractivity contribution in [2.75, 3.05) is 66.6 Å². The molecule has 1 aromatic carbocycles. The van der Waals surface area contributed by atoms with Gasteiger partial charge in [-0.15, -0.1) is 0 Å². The fraction of sp³-hybridized carbons (Fsp3) is 0.636. The second-order valence-electron chi connectivity index (χ2n) is 7.85. The molecule has 168 valence electrons. The Morgan fingerprint density at radius 2 is 1.63 bits per heavy atom. The van der Waals surface area contributed by atoms with Crippen LogP contribution < -0.4 is 24.6 Å². The first kappa shape index (κ1) is 24.0. The molecular weight excluding hydrogens is 384 g/mol. The van der Waals surface area contributed by atoms with Gasteiger partial charge in [0.05, 0.1) is 20.8 Å². The number of rotatable bonds is 10. The average molecular weight is 423 g/mol. The molecule has 0 radical (unpaired) electrons. The van der Waals surface area contributed by atoms with E-state index in [2.05, 4.69) is 18.3 Å². The van der Waals surface area contributed by atoms with Gasteiger partial charge in [0.25, 0.3) is 5.91 Å². The van der Waals surface area contributed by atoms with Crippen molar-refractivity contribution in [2.45, 2.75) is 27.3 Å². The van der Waals surface area contributed by atoms with Crippen molar-refractivity contribution in [2.24, 2.45) is 0 Å². The summed E-state index contributed by atoms with van der Waals surface area (Å²) >= 11 is 0. The summed E-state index contributed by atoms with van der Waals surface area (Å²) in [6, 6.07) is 4.10. The molecule has 1 aliphatic heterocycles. The van der Waals surface area contributed by atoms with Gasteiger partial charge in [0.15, 0.2) is 18.0 Å². The summed E-state index contributed by atoms with van der Waals surface area (Å²) in [7, 11) is 3.32. The van der Waals surface area contributed by atoms with Crippen LogP contribution in [0.4, 0.5) is 0 Å². The largest absolute Gasteiger partial charge is 0.493 e. The molecule has 0 unspecified atom stereocenters. The van der Waals surface area contributed by atoms with E-state index in [1.807, 2.05) is 19.9 Å². The Morgan fingerprint density at radius 1 is 1.03 bits per heavy atom. The van der Waals surface area contributed by atoms with E-state index < -0.39 is 0 Å². The highest BCUT2D eigenvalue weighted by molar-refractivity contribution is 5.85. The van der Waals surface area contributed by atoms with Gasteiger partial charge in [-0.25, -0.2) is 0 Å². The number of aryl methyl sites for hydroxylation is 1. The lowest BCUT2D eigenvalue weighted by atomic mass is 10.1. The molecule has 0 aromatic heterocycles. The SMILES string of the molecule is CCNC(=O)CN(CC)C(=O)C[NH+]1CC[NH+](Cc2cc(OC)c(OC)cc2C)CC1. The van der Waals surface area contributed by atoms with Gasteiger partial charge < -0.3 is 29.5 Å². The maximum absolute atomic E-state index is 12.6. The van der Waals surface area contributed by atoms with E-state index in [-0.39, 0.29) is 18.4 Å². The summed E-state index contributed by atoms with van der Waals surface area (Å²) in [5.74, 6) is 1.48. The van der Waals surface area contributed by atoms with Gasteiger partial charge in [-0.05, 0) is 38.5 Å². The number of ether oxygens (including phenoxy) is 2. The van der Waals surface area contributed by atoms with E-state index in [1.54, 1.807) is 19.1 Å². The van der Waals surface area contributed by atoms with Gasteiger partial charge in [-0.3, -0.25) is 9.59 Å². The Morgan fingerprint density at radius 3 is 2.20 bits per heavy atom. The summed E-state index contributed by atoms with van der Waals surface area (Å²) in [6.45, 7) is 12.5. The maximum atomic E-state index is 12.6. The summed E-state index contributed by atoms with van der Waals surface area (Å²) < 4.78 is 10.8. The number of quaternary nitrogens is 2. The van der Waals surface area contributed by atoms with Gasteiger partial charge in [-0.2, -0.15) is 0 Å². The molecule has 0 spiro atoms. The zero-order chi connectivity index (χ0) is 22.1. The number of carbonyl (C=O) groups excluding carboxylic acids is 2. The molecule has 1 fully saturated rings. The second kappa shape index (κ2) is 11.8. The topological polar surface area (TPSA) is 76.8 Å². The van der Waals surface area contributed by atoms with E-state index in [0.717, 1.165) is 44.2 Å². The molecule has 2 rings (SSSR count). The minimum Gasteiger partial charge on any atom is -0.493 e. The average Bonchev–Trinajstić information content (AvgIpc) is 2.74. The lowest BCUT2D eigenvalue weighted by molar-refractivity contribution is -1.02. The van der Waals surface area contributed by atoms with Crippen LogP contribution in [0.3, 0.4) is 0 Å². The lowest BCUT2D eigenvalue weighted by Crippen LogP contribution is -3.28. The van der Waals surface area contributed by atoms with Crippen molar-refractivity contribution in [1.82, 2.24) is 10.2 Å². The molecule has 0 saturated carbocycles. The van der Waals surface area contributed by atoms with Crippen molar-refractivity contribution in [1.29, 1.82) is 0 Å². The third-order valence-corrected chi connectivity index (χ3v) is 5.79. The second-order valence-corrected chi connectivity index (χ2v) is 7.85. The van der Waals surface area contributed by atoms with Crippen LogP contribution in [-0.2, 0) is 16.1 Å². The molecule has 8 heteroatoms. The number of methoxy groups -OCH3 is 2. The molecule has 0 bridgehead atoms. The van der Waals surface area contributed by atoms with Crippen molar-refractivity contribution < 1.29 is 28.9 Å². The monoisotopic (exact) mass is 422 g/mol. The van der Waals surface area contributed by atoms with E-state index in [0.29, 0.717) is 19.6 Å². The van der Waals surface area contributed by atoms with Gasteiger partial charge in [-0.1, -0.05) is 0 Å². The lowest BCUT2D eigenvalue weighted by Gasteiger charge is -2.31. The Balaban J connectivity index is 1.86. The van der Waals surface area contributed by atoms with Crippen LogP contribution in [0, 0.1) is 6.92 Å². The van der Waals surface area contributed by atoms with E-state index in [4.69, 9.17) is 9.47 Å². The van der Waals surface area contributed by atoms with Crippen molar-refractivity contribution in [3.63, 3.8) is 0 Å². The highest BCUT2D eigenvalue weighted by atomic mass is 16.5. The molecule has 1 aromatic rings. The molecule has 1 aliphatic rings. The molecule has 2 amide bonds. The summed E-state index contributed by atoms with van der Waals surface area (Å²) in [4.78, 5) is 28.9. The van der Waals surface area contributed by atoms with Crippen molar-refractivity contribution >= 4 is 11.8 Å². The van der Waals surface area contributed by atoms with Crippen LogP contribution in [0.25, 0.3) is 0 Å². The van der Waals surface area contributed by atoms with Crippen LogP contribution in [0.1, 0.15) is 25.0 Å². The predicted octanol–water partition coefficient (Wildman–Crippen LogP) is -1.72. The van der Waals surface area contributed by atoms with Gasteiger partial charge in [0.1, 0.15) is 32.7 Å². The number of carbonyl (C=O) groups is 2. The van der Waals surface area contributed by atoms with Gasteiger partial charge in [0, 0.05) is 18.7 Å². The highest BCUT2D eigenvalue weighted by Gasteiger charge is 2.27. The number of amides is 2. The Kier molecular flexibility index (Phi) is 9.39. The normalized spacial score (nSPS) is 18.6. The number of nitrogens with one attached hydrogen (secondary N) is 3. The third-order valence-electron chi connectivity index (χ3n) is 5.79. The summed E-state index contributed by atoms with van der Waals surface area (Å²) in [5, 5.41) is 2.76. The number of nitrogens with zero attached hydrogens (tertiary/aromatic N) is 1. The van der Waals surface area contributed by atoms with Crippen LogP contribution in [0.2, 0.25) is 0 Å². The maximum Gasteiger partial charge on any atom is 0.278 e. The fourth-order valence-corrected chi connectivity index (χ4v) is 3.92. The van der Waals surface area contributed by atoms with Crippen molar-refractivity contribution in [3.8, 4) is 11.5 Å². The molecule has 0 atom stereocenters. The van der Waals surface area contributed by atoms with Crippen LogP contribution in [-0.4, -0.2) is 83.3 Å². The van der Waals surface area contributed by atoms with Gasteiger partial charge in [0.2, 0.25) is 5.91 Å². The zero-order valence-corrected chi connectivity index (χ0v) is 19.1. The standard InChI is InChI=1S/C22H36N4O4/c1-6-23-21(27)15-26(7-2)22(28)16-25-10-8-24(9-11-25)14-18-13-20(30-5)19(29-4)12-17(18)3/h12-13H,6-11,14-16H2,1-5H3,(H,23,27)/p+2. The molecular formula is C22H38N4O4+2. The Labute approximate surface area is 180 Å². The highest BCUT2D eigenvalue weighted by Crippen LogP contribution is 2.29. The number of likely N-dealkylation sites (N-methyl/N-ethyl adjacent to an activating group) is 2. The number of hydrogen-bond acceptors (Lipinski definition) is 4. The number of piperazine rings is 1.